The maximum atomic E-state index is 10.7. The van der Waals surface area contributed by atoms with Crippen LogP contribution in [0.1, 0.15) is 31.7 Å². The number of rotatable bonds is 9. The van der Waals surface area contributed by atoms with Crippen LogP contribution in [0.25, 0.3) is 0 Å². The topological polar surface area (TPSA) is 52.6 Å². The Morgan fingerprint density at radius 3 is 2.63 bits per heavy atom. The quantitative estimate of drug-likeness (QED) is 0.390. The van der Waals surface area contributed by atoms with E-state index in [9.17, 15) is 9.59 Å². The summed E-state index contributed by atoms with van der Waals surface area (Å²) in [5.41, 5.74) is 1.15. The monoisotopic (exact) mass is 264 g/mol. The van der Waals surface area contributed by atoms with Crippen LogP contribution < -0.4 is 0 Å². The van der Waals surface area contributed by atoms with Gasteiger partial charge in [-0.3, -0.25) is 9.59 Å². The predicted molar refractivity (Wildman–Crippen MR) is 71.6 cm³/mol. The van der Waals surface area contributed by atoms with Crippen LogP contribution in [-0.4, -0.2) is 25.0 Å². The Kier molecular flexibility index (Phi) is 7.51. The Morgan fingerprint density at radius 2 is 2.00 bits per heavy atom. The standard InChI is InChI=1S/C15H20O4/c1-13(17)19-15(11-16)9-5-6-10-18-12-14-7-3-2-4-8-14/h2-4,7-8,11,15H,5-6,9-10,12H2,1H3/t15-/m0/s1. The molecule has 0 aliphatic rings. The van der Waals surface area contributed by atoms with Crippen LogP contribution >= 0.6 is 0 Å². The summed E-state index contributed by atoms with van der Waals surface area (Å²) in [6.45, 7) is 2.54. The van der Waals surface area contributed by atoms with Crippen molar-refractivity contribution in [2.75, 3.05) is 6.61 Å². The van der Waals surface area contributed by atoms with Crippen LogP contribution in [0, 0.1) is 0 Å². The number of hydrogen-bond acceptors (Lipinski definition) is 4. The number of esters is 1. The van der Waals surface area contributed by atoms with Gasteiger partial charge in [0.25, 0.3) is 0 Å². The molecule has 0 aromatic heterocycles. The molecule has 4 nitrogen and oxygen atoms in total. The van der Waals surface area contributed by atoms with Crippen molar-refractivity contribution >= 4 is 12.3 Å². The summed E-state index contributed by atoms with van der Waals surface area (Å²) in [5.74, 6) is -0.419. The minimum Gasteiger partial charge on any atom is -0.455 e. The van der Waals surface area contributed by atoms with Gasteiger partial charge in [-0.05, 0) is 24.8 Å². The molecule has 0 N–H and O–H groups in total. The number of carbonyl (C=O) groups excluding carboxylic acids is 2. The van der Waals surface area contributed by atoms with Gasteiger partial charge >= 0.3 is 5.97 Å². The van der Waals surface area contributed by atoms with E-state index in [4.69, 9.17) is 9.47 Å². The molecule has 0 radical (unpaired) electrons. The SMILES string of the molecule is CC(=O)O[C@H](C=O)CCCCOCc1ccccc1. The van der Waals surface area contributed by atoms with Crippen LogP contribution in [0.5, 0.6) is 0 Å². The van der Waals surface area contributed by atoms with E-state index in [0.29, 0.717) is 25.9 Å². The summed E-state index contributed by atoms with van der Waals surface area (Å²) in [5, 5.41) is 0. The molecular formula is C15H20O4. The zero-order chi connectivity index (χ0) is 13.9. The van der Waals surface area contributed by atoms with Crippen LogP contribution in [0.15, 0.2) is 30.3 Å². The van der Waals surface area contributed by atoms with E-state index in [1.807, 2.05) is 30.3 Å². The van der Waals surface area contributed by atoms with Gasteiger partial charge in [0.1, 0.15) is 0 Å². The highest BCUT2D eigenvalue weighted by atomic mass is 16.5. The first-order chi connectivity index (χ1) is 9.22. The Hall–Kier alpha value is -1.68. The minimum absolute atomic E-state index is 0.419. The summed E-state index contributed by atoms with van der Waals surface area (Å²) in [6.07, 6.45) is 2.25. The van der Waals surface area contributed by atoms with E-state index in [0.717, 1.165) is 18.4 Å². The summed E-state index contributed by atoms with van der Waals surface area (Å²) >= 11 is 0. The number of benzene rings is 1. The van der Waals surface area contributed by atoms with Crippen molar-refractivity contribution in [2.45, 2.75) is 38.9 Å². The molecule has 1 rings (SSSR count). The highest BCUT2D eigenvalue weighted by Crippen LogP contribution is 2.05. The summed E-state index contributed by atoms with van der Waals surface area (Å²) in [7, 11) is 0. The molecule has 1 aromatic carbocycles. The number of aldehydes is 1. The highest BCUT2D eigenvalue weighted by molar-refractivity contribution is 5.69. The molecule has 4 heteroatoms. The van der Waals surface area contributed by atoms with Crippen molar-refractivity contribution < 1.29 is 19.1 Å². The maximum Gasteiger partial charge on any atom is 0.303 e. The third kappa shape index (κ3) is 7.36. The largest absolute Gasteiger partial charge is 0.455 e. The van der Waals surface area contributed by atoms with Crippen LogP contribution in [0.2, 0.25) is 0 Å². The molecule has 0 bridgehead atoms. The Balaban J connectivity index is 2.04. The zero-order valence-electron chi connectivity index (χ0n) is 11.2. The smallest absolute Gasteiger partial charge is 0.303 e. The van der Waals surface area contributed by atoms with Crippen LogP contribution in [-0.2, 0) is 25.7 Å². The molecule has 1 atom stereocenters. The Morgan fingerprint density at radius 1 is 1.26 bits per heavy atom. The number of ether oxygens (including phenoxy) is 2. The van der Waals surface area contributed by atoms with Gasteiger partial charge in [-0.1, -0.05) is 30.3 Å². The van der Waals surface area contributed by atoms with Crippen molar-refractivity contribution in [3.8, 4) is 0 Å². The second kappa shape index (κ2) is 9.28. The molecule has 0 spiro atoms. The first-order valence-electron chi connectivity index (χ1n) is 6.46. The van der Waals surface area contributed by atoms with Crippen molar-refractivity contribution in [3.63, 3.8) is 0 Å². The van der Waals surface area contributed by atoms with E-state index in [2.05, 4.69) is 0 Å². The average Bonchev–Trinajstić information content (AvgIpc) is 2.42. The van der Waals surface area contributed by atoms with Crippen molar-refractivity contribution in [2.24, 2.45) is 0 Å². The first-order valence-corrected chi connectivity index (χ1v) is 6.46. The Bertz CT molecular complexity index is 375. The second-order valence-corrected chi connectivity index (χ2v) is 4.32. The van der Waals surface area contributed by atoms with E-state index < -0.39 is 12.1 Å². The van der Waals surface area contributed by atoms with Gasteiger partial charge in [-0.15, -0.1) is 0 Å². The van der Waals surface area contributed by atoms with Gasteiger partial charge < -0.3 is 9.47 Å². The fourth-order valence-corrected chi connectivity index (χ4v) is 1.68. The molecule has 0 amide bonds. The summed E-state index contributed by atoms with van der Waals surface area (Å²) in [4.78, 5) is 21.3. The molecule has 104 valence electrons. The van der Waals surface area contributed by atoms with Gasteiger partial charge in [-0.25, -0.2) is 0 Å². The van der Waals surface area contributed by atoms with Crippen molar-refractivity contribution in [1.29, 1.82) is 0 Å². The minimum atomic E-state index is -0.619. The molecule has 0 aliphatic carbocycles. The number of unbranched alkanes of at least 4 members (excludes halogenated alkanes) is 1. The van der Waals surface area contributed by atoms with E-state index in [1.54, 1.807) is 0 Å². The van der Waals surface area contributed by atoms with E-state index in [1.165, 1.54) is 6.92 Å². The lowest BCUT2D eigenvalue weighted by molar-refractivity contribution is -0.149. The third-order valence-electron chi connectivity index (χ3n) is 2.61. The first kappa shape index (κ1) is 15.4. The predicted octanol–water partition coefficient (Wildman–Crippen LogP) is 2.50. The average molecular weight is 264 g/mol. The molecule has 19 heavy (non-hydrogen) atoms. The van der Waals surface area contributed by atoms with E-state index >= 15 is 0 Å². The summed E-state index contributed by atoms with van der Waals surface area (Å²) < 4.78 is 10.3. The van der Waals surface area contributed by atoms with Gasteiger partial charge in [-0.2, -0.15) is 0 Å². The fraction of sp³-hybridized carbons (Fsp3) is 0.467. The molecule has 0 aliphatic heterocycles. The lowest BCUT2D eigenvalue weighted by atomic mass is 10.2. The van der Waals surface area contributed by atoms with Crippen LogP contribution in [0.4, 0.5) is 0 Å². The highest BCUT2D eigenvalue weighted by Gasteiger charge is 2.09. The lowest BCUT2D eigenvalue weighted by Gasteiger charge is -2.10. The molecular weight excluding hydrogens is 244 g/mol. The normalized spacial score (nSPS) is 11.8. The number of carbonyl (C=O) groups is 2. The van der Waals surface area contributed by atoms with Gasteiger partial charge in [0.15, 0.2) is 12.4 Å². The third-order valence-corrected chi connectivity index (χ3v) is 2.61. The molecule has 1 aromatic rings. The fourth-order valence-electron chi connectivity index (χ4n) is 1.68. The summed E-state index contributed by atoms with van der Waals surface area (Å²) in [6, 6.07) is 9.96. The van der Waals surface area contributed by atoms with Crippen LogP contribution in [0.3, 0.4) is 0 Å². The maximum absolute atomic E-state index is 10.7. The van der Waals surface area contributed by atoms with Gasteiger partial charge in [0.2, 0.25) is 0 Å². The molecule has 0 saturated carbocycles. The lowest BCUT2D eigenvalue weighted by Crippen LogP contribution is -2.17. The Labute approximate surface area is 113 Å². The zero-order valence-corrected chi connectivity index (χ0v) is 11.2. The van der Waals surface area contributed by atoms with Crippen molar-refractivity contribution in [3.05, 3.63) is 35.9 Å². The number of hydrogen-bond donors (Lipinski definition) is 0. The van der Waals surface area contributed by atoms with Crippen molar-refractivity contribution in [1.82, 2.24) is 0 Å². The molecule has 0 heterocycles. The molecule has 0 unspecified atom stereocenters. The second-order valence-electron chi connectivity index (χ2n) is 4.32. The molecule has 0 saturated heterocycles. The van der Waals surface area contributed by atoms with Gasteiger partial charge in [0.05, 0.1) is 6.61 Å². The molecule has 0 fully saturated rings. The van der Waals surface area contributed by atoms with E-state index in [-0.39, 0.29) is 0 Å². The van der Waals surface area contributed by atoms with Gasteiger partial charge in [0, 0.05) is 13.5 Å².